The third-order valence-electron chi connectivity index (χ3n) is 1.99. The molecule has 0 bridgehead atoms. The summed E-state index contributed by atoms with van der Waals surface area (Å²) in [5.41, 5.74) is 8.49. The molecule has 1 rings (SSSR count). The molecule has 0 aromatic heterocycles. The van der Waals surface area contributed by atoms with Crippen LogP contribution >= 0.6 is 0 Å². The standard InChI is InChI=1S/C10H12N2/c1-7-9(6-11)4-3-5-10(7)8(2)12/h3-5,8H,12H2,1-2H3/t8-/m1/s1. The quantitative estimate of drug-likeness (QED) is 0.682. The average molecular weight is 160 g/mol. The number of hydrogen-bond donors (Lipinski definition) is 1. The van der Waals surface area contributed by atoms with Crippen LogP contribution in [0, 0.1) is 18.3 Å². The van der Waals surface area contributed by atoms with Gasteiger partial charge in [-0.3, -0.25) is 0 Å². The molecule has 1 atom stereocenters. The van der Waals surface area contributed by atoms with E-state index >= 15 is 0 Å². The van der Waals surface area contributed by atoms with E-state index in [2.05, 4.69) is 6.07 Å². The first kappa shape index (κ1) is 8.76. The molecule has 0 saturated carbocycles. The monoisotopic (exact) mass is 160 g/mol. The summed E-state index contributed by atoms with van der Waals surface area (Å²) in [4.78, 5) is 0. The van der Waals surface area contributed by atoms with E-state index in [1.165, 1.54) is 0 Å². The second-order valence-electron chi connectivity index (χ2n) is 2.92. The average Bonchev–Trinajstić information content (AvgIpc) is 2.04. The number of nitrogens with zero attached hydrogens (tertiary/aromatic N) is 1. The summed E-state index contributed by atoms with van der Waals surface area (Å²) < 4.78 is 0. The van der Waals surface area contributed by atoms with Gasteiger partial charge in [0.25, 0.3) is 0 Å². The van der Waals surface area contributed by atoms with E-state index < -0.39 is 0 Å². The third kappa shape index (κ3) is 1.46. The zero-order valence-corrected chi connectivity index (χ0v) is 7.33. The molecule has 62 valence electrons. The Kier molecular flexibility index (Phi) is 2.47. The summed E-state index contributed by atoms with van der Waals surface area (Å²) in [6.45, 7) is 3.85. The smallest absolute Gasteiger partial charge is 0.0994 e. The number of rotatable bonds is 1. The summed E-state index contributed by atoms with van der Waals surface area (Å²) in [5.74, 6) is 0. The predicted octanol–water partition coefficient (Wildman–Crippen LogP) is 1.89. The lowest BCUT2D eigenvalue weighted by atomic mass is 9.99. The molecular weight excluding hydrogens is 148 g/mol. The van der Waals surface area contributed by atoms with Crippen LogP contribution in [0.1, 0.15) is 29.7 Å². The Balaban J connectivity index is 3.25. The zero-order valence-electron chi connectivity index (χ0n) is 7.33. The summed E-state index contributed by atoms with van der Waals surface area (Å²) in [6, 6.07) is 7.76. The molecule has 1 aromatic rings. The Morgan fingerprint density at radius 1 is 1.50 bits per heavy atom. The maximum atomic E-state index is 8.73. The fraction of sp³-hybridized carbons (Fsp3) is 0.300. The van der Waals surface area contributed by atoms with E-state index in [9.17, 15) is 0 Å². The van der Waals surface area contributed by atoms with Crippen LogP contribution in [0.25, 0.3) is 0 Å². The molecule has 0 amide bonds. The lowest BCUT2D eigenvalue weighted by molar-refractivity contribution is 0.809. The van der Waals surface area contributed by atoms with Gasteiger partial charge >= 0.3 is 0 Å². The maximum Gasteiger partial charge on any atom is 0.0994 e. The lowest BCUT2D eigenvalue weighted by Gasteiger charge is -2.09. The van der Waals surface area contributed by atoms with Crippen LogP contribution < -0.4 is 5.73 Å². The van der Waals surface area contributed by atoms with E-state index in [1.54, 1.807) is 6.07 Å². The molecule has 0 spiro atoms. The zero-order chi connectivity index (χ0) is 9.14. The van der Waals surface area contributed by atoms with Crippen LogP contribution in [0.4, 0.5) is 0 Å². The van der Waals surface area contributed by atoms with E-state index in [4.69, 9.17) is 11.0 Å². The first-order chi connectivity index (χ1) is 5.66. The van der Waals surface area contributed by atoms with Gasteiger partial charge in [-0.2, -0.15) is 5.26 Å². The van der Waals surface area contributed by atoms with Crippen LogP contribution in [0.2, 0.25) is 0 Å². The largest absolute Gasteiger partial charge is 0.324 e. The van der Waals surface area contributed by atoms with Crippen molar-refractivity contribution in [1.29, 1.82) is 5.26 Å². The van der Waals surface area contributed by atoms with Gasteiger partial charge in [-0.05, 0) is 31.0 Å². The van der Waals surface area contributed by atoms with Crippen molar-refractivity contribution in [1.82, 2.24) is 0 Å². The van der Waals surface area contributed by atoms with Crippen LogP contribution in [-0.4, -0.2) is 0 Å². The number of nitrogens with two attached hydrogens (primary N) is 1. The van der Waals surface area contributed by atoms with Gasteiger partial charge < -0.3 is 5.73 Å². The SMILES string of the molecule is Cc1c(C#N)cccc1[C@@H](C)N. The molecule has 0 radical (unpaired) electrons. The van der Waals surface area contributed by atoms with Crippen molar-refractivity contribution in [2.24, 2.45) is 5.73 Å². The maximum absolute atomic E-state index is 8.73. The Hall–Kier alpha value is -1.33. The van der Waals surface area contributed by atoms with Crippen LogP contribution in [-0.2, 0) is 0 Å². The highest BCUT2D eigenvalue weighted by molar-refractivity contribution is 5.42. The van der Waals surface area contributed by atoms with E-state index in [1.807, 2.05) is 26.0 Å². The van der Waals surface area contributed by atoms with E-state index in [0.717, 1.165) is 11.1 Å². The molecule has 12 heavy (non-hydrogen) atoms. The molecule has 2 nitrogen and oxygen atoms in total. The van der Waals surface area contributed by atoms with Crippen molar-refractivity contribution in [2.45, 2.75) is 19.9 Å². The molecule has 0 fully saturated rings. The predicted molar refractivity (Wildman–Crippen MR) is 48.5 cm³/mol. The van der Waals surface area contributed by atoms with Gasteiger partial charge in [-0.25, -0.2) is 0 Å². The van der Waals surface area contributed by atoms with Gasteiger partial charge in [0.2, 0.25) is 0 Å². The second-order valence-corrected chi connectivity index (χ2v) is 2.92. The van der Waals surface area contributed by atoms with Crippen LogP contribution in [0.15, 0.2) is 18.2 Å². The molecule has 0 saturated heterocycles. The minimum absolute atomic E-state index is 0.00157. The van der Waals surface area contributed by atoms with E-state index in [-0.39, 0.29) is 6.04 Å². The van der Waals surface area contributed by atoms with Crippen molar-refractivity contribution in [3.05, 3.63) is 34.9 Å². The number of hydrogen-bond acceptors (Lipinski definition) is 2. The minimum atomic E-state index is -0.00157. The summed E-state index contributed by atoms with van der Waals surface area (Å²) >= 11 is 0. The summed E-state index contributed by atoms with van der Waals surface area (Å²) in [6.07, 6.45) is 0. The van der Waals surface area contributed by atoms with E-state index in [0.29, 0.717) is 5.56 Å². The molecule has 0 aliphatic carbocycles. The Bertz CT molecular complexity index is 321. The fourth-order valence-corrected chi connectivity index (χ4v) is 1.27. The Morgan fingerprint density at radius 3 is 2.67 bits per heavy atom. The number of benzene rings is 1. The first-order valence-corrected chi connectivity index (χ1v) is 3.92. The Labute approximate surface area is 72.6 Å². The highest BCUT2D eigenvalue weighted by Gasteiger charge is 2.05. The van der Waals surface area contributed by atoms with Gasteiger partial charge in [0.05, 0.1) is 11.6 Å². The van der Waals surface area contributed by atoms with Crippen molar-refractivity contribution in [2.75, 3.05) is 0 Å². The molecule has 0 aliphatic rings. The number of nitriles is 1. The van der Waals surface area contributed by atoms with Crippen LogP contribution in [0.3, 0.4) is 0 Å². The summed E-state index contributed by atoms with van der Waals surface area (Å²) in [7, 11) is 0. The second kappa shape index (κ2) is 3.38. The third-order valence-corrected chi connectivity index (χ3v) is 1.99. The lowest BCUT2D eigenvalue weighted by Crippen LogP contribution is -2.07. The molecule has 2 N–H and O–H groups in total. The molecule has 2 heteroatoms. The van der Waals surface area contributed by atoms with Crippen LogP contribution in [0.5, 0.6) is 0 Å². The highest BCUT2D eigenvalue weighted by atomic mass is 14.6. The molecular formula is C10H12N2. The molecule has 0 heterocycles. The van der Waals surface area contributed by atoms with Gasteiger partial charge in [0.15, 0.2) is 0 Å². The van der Waals surface area contributed by atoms with Crippen molar-refractivity contribution >= 4 is 0 Å². The first-order valence-electron chi connectivity index (χ1n) is 3.92. The van der Waals surface area contributed by atoms with Crippen molar-refractivity contribution in [3.8, 4) is 6.07 Å². The Morgan fingerprint density at radius 2 is 2.17 bits per heavy atom. The van der Waals surface area contributed by atoms with Gasteiger partial charge in [-0.15, -0.1) is 0 Å². The van der Waals surface area contributed by atoms with Crippen molar-refractivity contribution < 1.29 is 0 Å². The van der Waals surface area contributed by atoms with Gasteiger partial charge in [0, 0.05) is 6.04 Å². The normalized spacial score (nSPS) is 12.2. The van der Waals surface area contributed by atoms with Gasteiger partial charge in [-0.1, -0.05) is 12.1 Å². The highest BCUT2D eigenvalue weighted by Crippen LogP contribution is 2.17. The van der Waals surface area contributed by atoms with Crippen molar-refractivity contribution in [3.63, 3.8) is 0 Å². The minimum Gasteiger partial charge on any atom is -0.324 e. The molecule has 0 aliphatic heterocycles. The fourth-order valence-electron chi connectivity index (χ4n) is 1.27. The molecule has 0 unspecified atom stereocenters. The summed E-state index contributed by atoms with van der Waals surface area (Å²) in [5, 5.41) is 8.73. The molecule has 1 aromatic carbocycles. The van der Waals surface area contributed by atoms with Gasteiger partial charge in [0.1, 0.15) is 0 Å². The topological polar surface area (TPSA) is 49.8 Å².